The topological polar surface area (TPSA) is 59.3 Å². The molecule has 0 amide bonds. The third kappa shape index (κ3) is 3.71. The van der Waals surface area contributed by atoms with Crippen LogP contribution in [0.2, 0.25) is 0 Å². The summed E-state index contributed by atoms with van der Waals surface area (Å²) in [5.41, 5.74) is 0.305. The number of benzene rings is 1. The summed E-state index contributed by atoms with van der Waals surface area (Å²) in [6.07, 6.45) is 0. The lowest BCUT2D eigenvalue weighted by Gasteiger charge is -2.16. The van der Waals surface area contributed by atoms with Gasteiger partial charge in [0.2, 0.25) is 0 Å². The van der Waals surface area contributed by atoms with Crippen LogP contribution in [0.3, 0.4) is 0 Å². The Morgan fingerprint density at radius 2 is 1.81 bits per heavy atom. The minimum absolute atomic E-state index is 0.350. The second kappa shape index (κ2) is 4.77. The molecule has 4 nitrogen and oxygen atoms in total. The van der Waals surface area contributed by atoms with Gasteiger partial charge in [-0.25, -0.2) is 4.79 Å². The number of nitriles is 1. The molecular weight excluding hydrogens is 206 g/mol. The number of nitrogens with zero attached hydrogens (tertiary/aromatic N) is 1. The molecule has 1 aromatic carbocycles. The summed E-state index contributed by atoms with van der Waals surface area (Å²) in [6, 6.07) is 8.11. The van der Waals surface area contributed by atoms with E-state index in [2.05, 4.69) is 4.89 Å². The number of carbonyl (C=O) groups is 1. The highest BCUT2D eigenvalue weighted by Gasteiger charge is 2.16. The molecule has 0 N–H and O–H groups in total. The first-order valence-corrected chi connectivity index (χ1v) is 4.82. The second-order valence-electron chi connectivity index (χ2n) is 4.26. The molecule has 84 valence electrons. The van der Waals surface area contributed by atoms with E-state index in [1.165, 1.54) is 12.1 Å². The molecule has 0 spiro atoms. The summed E-state index contributed by atoms with van der Waals surface area (Å²) in [5, 5.41) is 8.59. The van der Waals surface area contributed by atoms with Gasteiger partial charge in [0.15, 0.2) is 0 Å². The molecule has 1 rings (SSSR count). The van der Waals surface area contributed by atoms with Gasteiger partial charge in [-0.15, -0.1) is 0 Å². The average molecular weight is 219 g/mol. The lowest BCUT2D eigenvalue weighted by atomic mass is 10.1. The predicted octanol–water partition coefficient (Wildman–Crippen LogP) is 2.45. The Hall–Kier alpha value is -1.86. The minimum Gasteiger partial charge on any atom is -0.292 e. The van der Waals surface area contributed by atoms with Crippen LogP contribution in [0.5, 0.6) is 0 Å². The number of hydrogen-bond donors (Lipinski definition) is 0. The molecule has 0 aliphatic heterocycles. The van der Waals surface area contributed by atoms with Gasteiger partial charge in [0.25, 0.3) is 0 Å². The lowest BCUT2D eigenvalue weighted by molar-refractivity contribution is -0.301. The van der Waals surface area contributed by atoms with Crippen molar-refractivity contribution in [3.05, 3.63) is 35.4 Å². The maximum Gasteiger partial charge on any atom is 0.373 e. The Kier molecular flexibility index (Phi) is 3.64. The fourth-order valence-electron chi connectivity index (χ4n) is 0.892. The predicted molar refractivity (Wildman–Crippen MR) is 57.4 cm³/mol. The van der Waals surface area contributed by atoms with Crippen molar-refractivity contribution in [3.8, 4) is 6.07 Å². The highest BCUT2D eigenvalue weighted by molar-refractivity contribution is 5.89. The van der Waals surface area contributed by atoms with Crippen molar-refractivity contribution < 1.29 is 14.6 Å². The van der Waals surface area contributed by atoms with Crippen LogP contribution in [0.15, 0.2) is 24.3 Å². The first-order valence-electron chi connectivity index (χ1n) is 4.82. The maximum atomic E-state index is 11.5. The van der Waals surface area contributed by atoms with E-state index in [1.807, 2.05) is 6.07 Å². The lowest BCUT2D eigenvalue weighted by Crippen LogP contribution is -2.21. The van der Waals surface area contributed by atoms with E-state index in [0.717, 1.165) is 0 Å². The molecule has 0 heterocycles. The van der Waals surface area contributed by atoms with Crippen molar-refractivity contribution in [1.29, 1.82) is 5.26 Å². The number of hydrogen-bond acceptors (Lipinski definition) is 4. The molecule has 0 radical (unpaired) electrons. The summed E-state index contributed by atoms with van der Waals surface area (Å²) in [7, 11) is 0. The zero-order valence-corrected chi connectivity index (χ0v) is 9.48. The van der Waals surface area contributed by atoms with Crippen LogP contribution in [0.4, 0.5) is 0 Å². The van der Waals surface area contributed by atoms with Crippen LogP contribution in [-0.2, 0) is 9.78 Å². The third-order valence-corrected chi connectivity index (χ3v) is 1.62. The zero-order valence-electron chi connectivity index (χ0n) is 9.48. The van der Waals surface area contributed by atoms with Crippen molar-refractivity contribution in [3.63, 3.8) is 0 Å². The normalized spacial score (nSPS) is 10.6. The van der Waals surface area contributed by atoms with E-state index in [-0.39, 0.29) is 0 Å². The van der Waals surface area contributed by atoms with Crippen LogP contribution in [0, 0.1) is 11.3 Å². The molecule has 0 bridgehead atoms. The minimum atomic E-state index is -0.570. The Morgan fingerprint density at radius 3 is 2.25 bits per heavy atom. The molecule has 1 aromatic rings. The van der Waals surface area contributed by atoms with E-state index in [0.29, 0.717) is 11.1 Å². The molecule has 16 heavy (non-hydrogen) atoms. The van der Waals surface area contributed by atoms with Crippen molar-refractivity contribution in [2.45, 2.75) is 26.4 Å². The van der Waals surface area contributed by atoms with Gasteiger partial charge in [-0.05, 0) is 45.0 Å². The Morgan fingerprint density at radius 1 is 1.25 bits per heavy atom. The smallest absolute Gasteiger partial charge is 0.292 e. The van der Waals surface area contributed by atoms with Gasteiger partial charge in [0, 0.05) is 0 Å². The quantitative estimate of drug-likeness (QED) is 0.566. The van der Waals surface area contributed by atoms with Crippen molar-refractivity contribution in [1.82, 2.24) is 0 Å². The van der Waals surface area contributed by atoms with Crippen LogP contribution in [-0.4, -0.2) is 11.6 Å². The number of carbonyl (C=O) groups excluding carboxylic acids is 1. The van der Waals surface area contributed by atoms with Gasteiger partial charge in [-0.3, -0.25) is 4.89 Å². The molecule has 0 fully saturated rings. The molecule has 4 heteroatoms. The van der Waals surface area contributed by atoms with Crippen molar-refractivity contribution in [2.75, 3.05) is 0 Å². The summed E-state index contributed by atoms with van der Waals surface area (Å²) >= 11 is 0. The summed E-state index contributed by atoms with van der Waals surface area (Å²) in [6.45, 7) is 5.33. The Bertz CT molecular complexity index is 409. The standard InChI is InChI=1S/C12H13NO3/c1-12(2,3)16-15-11(14)10-6-4-9(8-13)5-7-10/h4-7H,1-3H3. The molecule has 0 saturated heterocycles. The molecule has 0 aromatic heterocycles. The van der Waals surface area contributed by atoms with E-state index in [4.69, 9.17) is 10.1 Å². The van der Waals surface area contributed by atoms with E-state index in [1.54, 1.807) is 32.9 Å². The third-order valence-electron chi connectivity index (χ3n) is 1.62. The SMILES string of the molecule is CC(C)(C)OOC(=O)c1ccc(C#N)cc1. The first-order chi connectivity index (χ1) is 7.42. The van der Waals surface area contributed by atoms with Crippen LogP contribution >= 0.6 is 0 Å². The van der Waals surface area contributed by atoms with Crippen LogP contribution in [0.25, 0.3) is 0 Å². The van der Waals surface area contributed by atoms with E-state index < -0.39 is 11.6 Å². The molecule has 0 saturated carbocycles. The monoisotopic (exact) mass is 219 g/mol. The van der Waals surface area contributed by atoms with Gasteiger partial charge in [-0.2, -0.15) is 10.1 Å². The highest BCUT2D eigenvalue weighted by atomic mass is 17.2. The molecule has 0 unspecified atom stereocenters. The second-order valence-corrected chi connectivity index (χ2v) is 4.26. The highest BCUT2D eigenvalue weighted by Crippen LogP contribution is 2.10. The fourth-order valence-corrected chi connectivity index (χ4v) is 0.892. The van der Waals surface area contributed by atoms with Gasteiger partial charge in [-0.1, -0.05) is 0 Å². The Balaban J connectivity index is 2.64. The summed E-state index contributed by atoms with van der Waals surface area (Å²) in [4.78, 5) is 21.0. The van der Waals surface area contributed by atoms with E-state index in [9.17, 15) is 4.79 Å². The first kappa shape index (κ1) is 12.2. The Labute approximate surface area is 94.3 Å². The largest absolute Gasteiger partial charge is 0.373 e. The van der Waals surface area contributed by atoms with Gasteiger partial charge in [0.05, 0.1) is 17.2 Å². The van der Waals surface area contributed by atoms with Crippen molar-refractivity contribution >= 4 is 5.97 Å². The fraction of sp³-hybridized carbons (Fsp3) is 0.333. The van der Waals surface area contributed by atoms with Crippen molar-refractivity contribution in [2.24, 2.45) is 0 Å². The molecule has 0 aliphatic rings. The number of rotatable bonds is 2. The van der Waals surface area contributed by atoms with Crippen LogP contribution < -0.4 is 0 Å². The summed E-state index contributed by atoms with van der Waals surface area (Å²) < 4.78 is 0. The van der Waals surface area contributed by atoms with Gasteiger partial charge < -0.3 is 0 Å². The summed E-state index contributed by atoms with van der Waals surface area (Å²) in [5.74, 6) is -0.570. The van der Waals surface area contributed by atoms with Crippen LogP contribution in [0.1, 0.15) is 36.7 Å². The molecule has 0 aliphatic carbocycles. The molecule has 0 atom stereocenters. The van der Waals surface area contributed by atoms with Gasteiger partial charge >= 0.3 is 5.97 Å². The van der Waals surface area contributed by atoms with E-state index >= 15 is 0 Å². The van der Waals surface area contributed by atoms with Gasteiger partial charge in [0.1, 0.15) is 5.60 Å². The average Bonchev–Trinajstić information content (AvgIpc) is 2.25. The molecular formula is C12H13NO3. The zero-order chi connectivity index (χ0) is 12.2. The maximum absolute atomic E-state index is 11.5.